The summed E-state index contributed by atoms with van der Waals surface area (Å²) in [6, 6.07) is 3.24. The van der Waals surface area contributed by atoms with Crippen LogP contribution >= 0.6 is 0 Å². The molecule has 21 heavy (non-hydrogen) atoms. The highest BCUT2D eigenvalue weighted by atomic mass is 16.5. The number of pyridine rings is 1. The summed E-state index contributed by atoms with van der Waals surface area (Å²) in [4.78, 5) is 17.7. The van der Waals surface area contributed by atoms with E-state index in [1.807, 2.05) is 0 Å². The molecule has 2 atom stereocenters. The number of ether oxygens (including phenoxy) is 1. The molecular formula is C16H18N2O3. The second-order valence-electron chi connectivity index (χ2n) is 5.50. The van der Waals surface area contributed by atoms with Crippen molar-refractivity contribution in [2.24, 2.45) is 5.92 Å². The monoisotopic (exact) mass is 286 g/mol. The average molecular weight is 286 g/mol. The van der Waals surface area contributed by atoms with Crippen LogP contribution in [0.5, 0.6) is 0 Å². The minimum Gasteiger partial charge on any atom is -0.465 e. The van der Waals surface area contributed by atoms with E-state index in [4.69, 9.17) is 0 Å². The zero-order chi connectivity index (χ0) is 14.8. The number of aliphatic hydroxyl groups excluding tert-OH is 1. The fraction of sp³-hybridized carbons (Fsp3) is 0.500. The highest BCUT2D eigenvalue weighted by molar-refractivity contribution is 5.88. The lowest BCUT2D eigenvalue weighted by atomic mass is 9.81. The van der Waals surface area contributed by atoms with Crippen LogP contribution in [0.25, 0.3) is 0 Å². The van der Waals surface area contributed by atoms with Gasteiger partial charge in [0.05, 0.1) is 24.8 Å². The Hall–Kier alpha value is -1.90. The van der Waals surface area contributed by atoms with Gasteiger partial charge < -0.3 is 9.84 Å². The number of hydrogen-bond donors (Lipinski definition) is 1. The van der Waals surface area contributed by atoms with E-state index in [0.29, 0.717) is 17.2 Å². The second-order valence-corrected chi connectivity index (χ2v) is 5.50. The Bertz CT molecular complexity index is 578. The molecule has 1 N–H and O–H groups in total. The number of nitrogens with zero attached hydrogens (tertiary/aromatic N) is 2. The fourth-order valence-electron chi connectivity index (χ4n) is 3.04. The molecule has 0 amide bonds. The molecule has 5 heteroatoms. The molecule has 4 heterocycles. The predicted molar refractivity (Wildman–Crippen MR) is 76.5 cm³/mol. The first-order chi connectivity index (χ1) is 10.2. The Labute approximate surface area is 123 Å². The number of carbonyl (C=O) groups is 1. The maximum atomic E-state index is 11.3. The van der Waals surface area contributed by atoms with Gasteiger partial charge >= 0.3 is 5.97 Å². The summed E-state index contributed by atoms with van der Waals surface area (Å²) in [6.07, 6.45) is 3.21. The number of aromatic nitrogens is 1. The Balaban J connectivity index is 1.74. The number of aliphatic hydroxyl groups is 1. The Morgan fingerprint density at radius 2 is 2.19 bits per heavy atom. The molecule has 1 aromatic rings. The topological polar surface area (TPSA) is 62.7 Å². The van der Waals surface area contributed by atoms with Crippen LogP contribution in [0.2, 0.25) is 0 Å². The molecule has 0 spiro atoms. The van der Waals surface area contributed by atoms with Gasteiger partial charge in [0.25, 0.3) is 0 Å². The number of fused-ring (bicyclic) bond motifs is 3. The SMILES string of the molecule is COC(=O)c1ccc(C#CC2C(O)C3CCN2CC3)nc1. The van der Waals surface area contributed by atoms with E-state index in [2.05, 4.69) is 26.5 Å². The van der Waals surface area contributed by atoms with E-state index in [0.717, 1.165) is 25.9 Å². The maximum absolute atomic E-state index is 11.3. The summed E-state index contributed by atoms with van der Waals surface area (Å²) in [7, 11) is 1.34. The van der Waals surface area contributed by atoms with Crippen LogP contribution in [0.4, 0.5) is 0 Å². The van der Waals surface area contributed by atoms with Gasteiger partial charge in [0.1, 0.15) is 5.69 Å². The molecule has 3 fully saturated rings. The smallest absolute Gasteiger partial charge is 0.339 e. The average Bonchev–Trinajstić information content (AvgIpc) is 2.55. The number of rotatable bonds is 1. The lowest BCUT2D eigenvalue weighted by Gasteiger charge is -2.46. The van der Waals surface area contributed by atoms with Gasteiger partial charge in [-0.2, -0.15) is 0 Å². The molecule has 3 saturated heterocycles. The predicted octanol–water partition coefficient (Wildman–Crippen LogP) is 0.675. The highest BCUT2D eigenvalue weighted by Gasteiger charge is 2.40. The van der Waals surface area contributed by atoms with Crippen LogP contribution in [0.15, 0.2) is 18.3 Å². The molecule has 110 valence electrons. The maximum Gasteiger partial charge on any atom is 0.339 e. The molecule has 0 aromatic carbocycles. The summed E-state index contributed by atoms with van der Waals surface area (Å²) in [5, 5.41) is 10.3. The summed E-state index contributed by atoms with van der Waals surface area (Å²) in [5.41, 5.74) is 1.00. The molecule has 3 aliphatic heterocycles. The standard InChI is InChI=1S/C16H18N2O3/c1-21-16(20)12-2-3-13(17-10-12)4-5-14-15(19)11-6-8-18(14)9-7-11/h2-3,10-11,14-15,19H,6-9H2,1H3. The minimum atomic E-state index is -0.409. The van der Waals surface area contributed by atoms with Crippen molar-refractivity contribution in [3.63, 3.8) is 0 Å². The third kappa shape index (κ3) is 2.78. The van der Waals surface area contributed by atoms with Crippen LogP contribution in [0.1, 0.15) is 28.9 Å². The molecule has 0 aliphatic carbocycles. The summed E-state index contributed by atoms with van der Waals surface area (Å²) in [6.45, 7) is 2.02. The highest BCUT2D eigenvalue weighted by Crippen LogP contribution is 2.31. The number of esters is 1. The number of methoxy groups -OCH3 is 1. The van der Waals surface area contributed by atoms with Gasteiger partial charge in [-0.05, 0) is 49.9 Å². The van der Waals surface area contributed by atoms with E-state index in [-0.39, 0.29) is 12.1 Å². The van der Waals surface area contributed by atoms with Gasteiger partial charge in [-0.15, -0.1) is 0 Å². The van der Waals surface area contributed by atoms with Crippen LogP contribution in [0.3, 0.4) is 0 Å². The quantitative estimate of drug-likeness (QED) is 0.607. The minimum absolute atomic E-state index is 0.0976. The number of hydrogen-bond acceptors (Lipinski definition) is 5. The Morgan fingerprint density at radius 3 is 2.76 bits per heavy atom. The van der Waals surface area contributed by atoms with Gasteiger partial charge in [0.15, 0.2) is 0 Å². The molecule has 2 bridgehead atoms. The molecule has 3 aliphatic rings. The van der Waals surface area contributed by atoms with Crippen molar-refractivity contribution in [3.8, 4) is 11.8 Å². The van der Waals surface area contributed by atoms with Gasteiger partial charge in [0, 0.05) is 6.20 Å². The Morgan fingerprint density at radius 1 is 1.43 bits per heavy atom. The zero-order valence-corrected chi connectivity index (χ0v) is 12.0. The van der Waals surface area contributed by atoms with E-state index in [1.54, 1.807) is 12.1 Å². The lowest BCUT2D eigenvalue weighted by molar-refractivity contribution is -0.0500. The number of carbonyl (C=O) groups excluding carboxylic acids is 1. The first-order valence-corrected chi connectivity index (χ1v) is 7.17. The molecule has 0 radical (unpaired) electrons. The van der Waals surface area contributed by atoms with Crippen molar-refractivity contribution in [2.45, 2.75) is 25.0 Å². The first kappa shape index (κ1) is 14.1. The van der Waals surface area contributed by atoms with Crippen LogP contribution in [-0.4, -0.2) is 53.3 Å². The first-order valence-electron chi connectivity index (χ1n) is 7.17. The fourth-order valence-corrected chi connectivity index (χ4v) is 3.04. The summed E-state index contributed by atoms with van der Waals surface area (Å²) < 4.78 is 4.62. The van der Waals surface area contributed by atoms with E-state index >= 15 is 0 Å². The van der Waals surface area contributed by atoms with Crippen molar-refractivity contribution in [1.82, 2.24) is 9.88 Å². The lowest BCUT2D eigenvalue weighted by Crippen LogP contribution is -2.57. The van der Waals surface area contributed by atoms with Gasteiger partial charge in [-0.1, -0.05) is 5.92 Å². The third-order valence-corrected chi connectivity index (χ3v) is 4.31. The van der Waals surface area contributed by atoms with E-state index in [9.17, 15) is 9.90 Å². The molecule has 5 nitrogen and oxygen atoms in total. The van der Waals surface area contributed by atoms with Crippen molar-refractivity contribution in [3.05, 3.63) is 29.6 Å². The van der Waals surface area contributed by atoms with Crippen LogP contribution in [0, 0.1) is 17.8 Å². The molecule has 1 aromatic heterocycles. The number of piperidine rings is 3. The van der Waals surface area contributed by atoms with Crippen LogP contribution in [-0.2, 0) is 4.74 Å². The van der Waals surface area contributed by atoms with E-state index in [1.165, 1.54) is 13.3 Å². The molecular weight excluding hydrogens is 268 g/mol. The van der Waals surface area contributed by atoms with Gasteiger partial charge in [-0.25, -0.2) is 9.78 Å². The van der Waals surface area contributed by atoms with Crippen molar-refractivity contribution >= 4 is 5.97 Å². The van der Waals surface area contributed by atoms with Crippen molar-refractivity contribution < 1.29 is 14.6 Å². The van der Waals surface area contributed by atoms with Crippen molar-refractivity contribution in [2.75, 3.05) is 20.2 Å². The zero-order valence-electron chi connectivity index (χ0n) is 12.0. The largest absolute Gasteiger partial charge is 0.465 e. The van der Waals surface area contributed by atoms with Gasteiger partial charge in [-0.3, -0.25) is 4.90 Å². The second kappa shape index (κ2) is 5.84. The van der Waals surface area contributed by atoms with E-state index < -0.39 is 5.97 Å². The van der Waals surface area contributed by atoms with Crippen molar-refractivity contribution in [1.29, 1.82) is 0 Å². The Kier molecular flexibility index (Phi) is 3.91. The summed E-state index contributed by atoms with van der Waals surface area (Å²) in [5.74, 6) is 6.10. The normalized spacial score (nSPS) is 30.4. The molecule has 4 rings (SSSR count). The third-order valence-electron chi connectivity index (χ3n) is 4.31. The molecule has 0 saturated carbocycles. The van der Waals surface area contributed by atoms with Crippen LogP contribution < -0.4 is 0 Å². The van der Waals surface area contributed by atoms with Gasteiger partial charge in [0.2, 0.25) is 0 Å². The summed E-state index contributed by atoms with van der Waals surface area (Å²) >= 11 is 0. The molecule has 2 unspecified atom stereocenters.